The van der Waals surface area contributed by atoms with Gasteiger partial charge in [-0.1, -0.05) is 50.6 Å². The zero-order valence-electron chi connectivity index (χ0n) is 15.5. The van der Waals surface area contributed by atoms with Crippen molar-refractivity contribution in [3.8, 4) is 0 Å². The largest absolute Gasteiger partial charge is 0.445 e. The third-order valence-electron chi connectivity index (χ3n) is 3.85. The molecule has 0 spiro atoms. The molecule has 0 aliphatic rings. The molecule has 1 atom stereocenters. The van der Waals surface area contributed by atoms with E-state index in [1.807, 2.05) is 44.2 Å². The summed E-state index contributed by atoms with van der Waals surface area (Å²) in [7, 11) is 0. The second kappa shape index (κ2) is 11.9. The number of ether oxygens (including phenoxy) is 1. The van der Waals surface area contributed by atoms with Crippen molar-refractivity contribution in [3.63, 3.8) is 0 Å². The van der Waals surface area contributed by atoms with E-state index < -0.39 is 18.0 Å². The summed E-state index contributed by atoms with van der Waals surface area (Å²) < 4.78 is 5.10. The highest BCUT2D eigenvalue weighted by Gasteiger charge is 2.21. The number of amides is 3. The molecule has 144 valence electrons. The molecule has 3 amide bonds. The molecule has 0 fully saturated rings. The van der Waals surface area contributed by atoms with E-state index in [-0.39, 0.29) is 18.4 Å². The van der Waals surface area contributed by atoms with E-state index in [0.29, 0.717) is 19.4 Å². The summed E-state index contributed by atoms with van der Waals surface area (Å²) in [6.45, 7) is 4.39. The maximum atomic E-state index is 11.8. The topological polar surface area (TPSA) is 111 Å². The fourth-order valence-corrected chi connectivity index (χ4v) is 2.36. The Morgan fingerprint density at radius 3 is 2.38 bits per heavy atom. The fourth-order valence-electron chi connectivity index (χ4n) is 2.36. The van der Waals surface area contributed by atoms with Crippen molar-refractivity contribution in [2.45, 2.75) is 52.2 Å². The molecule has 0 radical (unpaired) electrons. The van der Waals surface area contributed by atoms with Gasteiger partial charge < -0.3 is 21.1 Å². The number of nitrogens with two attached hydrogens (primary N) is 1. The number of alkyl carbamates (subject to hydrolysis) is 1. The fraction of sp³-hybridized carbons (Fsp3) is 0.526. The van der Waals surface area contributed by atoms with Crippen LogP contribution in [0.2, 0.25) is 0 Å². The van der Waals surface area contributed by atoms with Gasteiger partial charge >= 0.3 is 6.09 Å². The lowest BCUT2D eigenvalue weighted by Crippen LogP contribution is -2.47. The molecule has 0 unspecified atom stereocenters. The van der Waals surface area contributed by atoms with Crippen molar-refractivity contribution in [1.29, 1.82) is 0 Å². The van der Waals surface area contributed by atoms with Crippen LogP contribution in [-0.2, 0) is 20.9 Å². The second-order valence-corrected chi connectivity index (χ2v) is 6.49. The lowest BCUT2D eigenvalue weighted by molar-refractivity contribution is -0.128. The van der Waals surface area contributed by atoms with Crippen LogP contribution < -0.4 is 16.4 Å². The van der Waals surface area contributed by atoms with Crippen molar-refractivity contribution in [2.75, 3.05) is 6.54 Å². The van der Waals surface area contributed by atoms with Gasteiger partial charge in [0, 0.05) is 13.0 Å². The summed E-state index contributed by atoms with van der Waals surface area (Å²) in [4.78, 5) is 34.6. The van der Waals surface area contributed by atoms with Crippen LogP contribution in [0.25, 0.3) is 0 Å². The number of nitrogens with one attached hydrogen (secondary N) is 2. The van der Waals surface area contributed by atoms with Crippen LogP contribution in [-0.4, -0.2) is 30.5 Å². The van der Waals surface area contributed by atoms with E-state index in [2.05, 4.69) is 10.6 Å². The first-order chi connectivity index (χ1) is 12.4. The molecule has 7 nitrogen and oxygen atoms in total. The Morgan fingerprint density at radius 2 is 1.77 bits per heavy atom. The molecule has 0 aromatic heterocycles. The van der Waals surface area contributed by atoms with E-state index in [4.69, 9.17) is 10.5 Å². The number of hydrogen-bond donors (Lipinski definition) is 3. The first-order valence-electron chi connectivity index (χ1n) is 8.93. The summed E-state index contributed by atoms with van der Waals surface area (Å²) in [5, 5.41) is 5.33. The van der Waals surface area contributed by atoms with Gasteiger partial charge in [0.15, 0.2) is 0 Å². The van der Waals surface area contributed by atoms with Crippen molar-refractivity contribution >= 4 is 17.9 Å². The minimum atomic E-state index is -0.636. The van der Waals surface area contributed by atoms with Gasteiger partial charge in [-0.3, -0.25) is 9.59 Å². The van der Waals surface area contributed by atoms with Crippen LogP contribution in [0.4, 0.5) is 4.79 Å². The van der Waals surface area contributed by atoms with Gasteiger partial charge in [-0.05, 0) is 24.3 Å². The SMILES string of the molecule is CC(C)[C@H](NC(=O)CCCCCNC(=O)OCc1ccccc1)C(N)=O. The second-order valence-electron chi connectivity index (χ2n) is 6.49. The number of primary amides is 1. The molecule has 0 saturated heterocycles. The van der Waals surface area contributed by atoms with Gasteiger partial charge in [-0.15, -0.1) is 0 Å². The van der Waals surface area contributed by atoms with Gasteiger partial charge in [0.25, 0.3) is 0 Å². The predicted octanol–water partition coefficient (Wildman–Crippen LogP) is 2.10. The Balaban J connectivity index is 2.07. The maximum Gasteiger partial charge on any atom is 0.407 e. The molecule has 0 aliphatic heterocycles. The van der Waals surface area contributed by atoms with Crippen molar-refractivity contribution < 1.29 is 19.1 Å². The Hall–Kier alpha value is -2.57. The van der Waals surface area contributed by atoms with Crippen LogP contribution in [0.1, 0.15) is 45.1 Å². The first kappa shape index (κ1) is 21.5. The van der Waals surface area contributed by atoms with Gasteiger partial charge in [-0.25, -0.2) is 4.79 Å². The smallest absolute Gasteiger partial charge is 0.407 e. The summed E-state index contributed by atoms with van der Waals surface area (Å²) in [6.07, 6.45) is 2.09. The van der Waals surface area contributed by atoms with Crippen LogP contribution >= 0.6 is 0 Å². The van der Waals surface area contributed by atoms with E-state index in [9.17, 15) is 14.4 Å². The molecule has 0 heterocycles. The third kappa shape index (κ3) is 9.05. The number of carbonyl (C=O) groups excluding carboxylic acids is 3. The number of hydrogen-bond acceptors (Lipinski definition) is 4. The van der Waals surface area contributed by atoms with Crippen molar-refractivity contribution in [1.82, 2.24) is 10.6 Å². The van der Waals surface area contributed by atoms with Crippen molar-refractivity contribution in [3.05, 3.63) is 35.9 Å². The zero-order chi connectivity index (χ0) is 19.4. The average molecular weight is 363 g/mol. The lowest BCUT2D eigenvalue weighted by Gasteiger charge is -2.18. The molecule has 7 heteroatoms. The number of carbonyl (C=O) groups is 3. The molecule has 26 heavy (non-hydrogen) atoms. The third-order valence-corrected chi connectivity index (χ3v) is 3.85. The lowest BCUT2D eigenvalue weighted by atomic mass is 10.0. The zero-order valence-corrected chi connectivity index (χ0v) is 15.5. The Labute approximate surface area is 154 Å². The minimum absolute atomic E-state index is 0.0393. The molecular formula is C19H29N3O4. The highest BCUT2D eigenvalue weighted by molar-refractivity contribution is 5.86. The highest BCUT2D eigenvalue weighted by Crippen LogP contribution is 2.04. The molecule has 0 aliphatic carbocycles. The van der Waals surface area contributed by atoms with Crippen LogP contribution in [0.3, 0.4) is 0 Å². The molecule has 0 saturated carbocycles. The number of benzene rings is 1. The standard InChI is InChI=1S/C19H29N3O4/c1-14(2)17(18(20)24)22-16(23)11-7-4-8-12-21-19(25)26-13-15-9-5-3-6-10-15/h3,5-6,9-10,14,17H,4,7-8,11-13H2,1-2H3,(H2,20,24)(H,21,25)(H,22,23)/t17-/m0/s1. The van der Waals surface area contributed by atoms with Crippen molar-refractivity contribution in [2.24, 2.45) is 11.7 Å². The Kier molecular flexibility index (Phi) is 9.82. The summed E-state index contributed by atoms with van der Waals surface area (Å²) in [6, 6.07) is 8.82. The van der Waals surface area contributed by atoms with Crippen LogP contribution in [0.5, 0.6) is 0 Å². The first-order valence-corrected chi connectivity index (χ1v) is 8.93. The van der Waals surface area contributed by atoms with Crippen LogP contribution in [0, 0.1) is 5.92 Å². The quantitative estimate of drug-likeness (QED) is 0.523. The monoisotopic (exact) mass is 363 g/mol. The molecule has 0 bridgehead atoms. The molecular weight excluding hydrogens is 334 g/mol. The average Bonchev–Trinajstić information content (AvgIpc) is 2.61. The van der Waals surface area contributed by atoms with Crippen LogP contribution in [0.15, 0.2) is 30.3 Å². The van der Waals surface area contributed by atoms with E-state index in [1.54, 1.807) is 0 Å². The normalized spacial score (nSPS) is 11.7. The molecule has 1 aromatic carbocycles. The minimum Gasteiger partial charge on any atom is -0.445 e. The number of unbranched alkanes of at least 4 members (excludes halogenated alkanes) is 2. The van der Waals surface area contributed by atoms with Gasteiger partial charge in [0.05, 0.1) is 0 Å². The summed E-state index contributed by atoms with van der Waals surface area (Å²) in [5.41, 5.74) is 6.20. The molecule has 1 aromatic rings. The highest BCUT2D eigenvalue weighted by atomic mass is 16.5. The molecule has 1 rings (SSSR count). The van der Waals surface area contributed by atoms with E-state index in [0.717, 1.165) is 18.4 Å². The molecule has 4 N–H and O–H groups in total. The predicted molar refractivity (Wildman–Crippen MR) is 99.1 cm³/mol. The van der Waals surface area contributed by atoms with E-state index in [1.165, 1.54) is 0 Å². The summed E-state index contributed by atoms with van der Waals surface area (Å²) in [5.74, 6) is -0.744. The Morgan fingerprint density at radius 1 is 1.08 bits per heavy atom. The maximum absolute atomic E-state index is 11.8. The Bertz CT molecular complexity index is 575. The van der Waals surface area contributed by atoms with Gasteiger partial charge in [0.2, 0.25) is 11.8 Å². The number of rotatable bonds is 11. The van der Waals surface area contributed by atoms with E-state index >= 15 is 0 Å². The van der Waals surface area contributed by atoms with Gasteiger partial charge in [0.1, 0.15) is 12.6 Å². The summed E-state index contributed by atoms with van der Waals surface area (Å²) >= 11 is 0. The van der Waals surface area contributed by atoms with Gasteiger partial charge in [-0.2, -0.15) is 0 Å².